The molecule has 0 aromatic carbocycles. The number of carbonyl (C=O) groups excluding carboxylic acids is 1. The van der Waals surface area contributed by atoms with E-state index < -0.39 is 0 Å². The van der Waals surface area contributed by atoms with Gasteiger partial charge in [0.15, 0.2) is 0 Å². The molecule has 1 saturated carbocycles. The Morgan fingerprint density at radius 2 is 1.94 bits per heavy atom. The van der Waals surface area contributed by atoms with Crippen LogP contribution in [0.3, 0.4) is 0 Å². The number of ether oxygens (including phenoxy) is 1. The highest BCUT2D eigenvalue weighted by molar-refractivity contribution is 5.79. The van der Waals surface area contributed by atoms with Gasteiger partial charge >= 0.3 is 0 Å². The molecule has 1 atom stereocenters. The van der Waals surface area contributed by atoms with Crippen molar-refractivity contribution in [3.05, 3.63) is 0 Å². The van der Waals surface area contributed by atoms with E-state index in [1.807, 2.05) is 0 Å². The van der Waals surface area contributed by atoms with Crippen molar-refractivity contribution < 1.29 is 9.53 Å². The third-order valence-electron chi connectivity index (χ3n) is 3.99. The number of rotatable bonds is 2. The molecule has 1 heterocycles. The second-order valence-corrected chi connectivity index (χ2v) is 6.01. The molecule has 1 saturated heterocycles. The van der Waals surface area contributed by atoms with Crippen LogP contribution in [-0.2, 0) is 9.53 Å². The lowest BCUT2D eigenvalue weighted by atomic mass is 9.73. The zero-order valence-electron chi connectivity index (χ0n) is 10.4. The Kier molecular flexibility index (Phi) is 3.53. The Balaban J connectivity index is 1.77. The van der Waals surface area contributed by atoms with Crippen LogP contribution in [0.4, 0.5) is 0 Å². The zero-order valence-corrected chi connectivity index (χ0v) is 10.4. The molecule has 1 amide bonds. The van der Waals surface area contributed by atoms with Crippen molar-refractivity contribution in [3.63, 3.8) is 0 Å². The van der Waals surface area contributed by atoms with Crippen molar-refractivity contribution in [1.29, 1.82) is 0 Å². The van der Waals surface area contributed by atoms with Crippen molar-refractivity contribution in [1.82, 2.24) is 5.32 Å². The minimum atomic E-state index is 0.244. The van der Waals surface area contributed by atoms with Crippen LogP contribution < -0.4 is 5.32 Å². The van der Waals surface area contributed by atoms with Crippen LogP contribution in [0.15, 0.2) is 0 Å². The molecule has 1 aliphatic carbocycles. The molecule has 3 heteroatoms. The normalized spacial score (nSPS) is 30.2. The molecule has 92 valence electrons. The zero-order chi connectivity index (χ0) is 11.6. The lowest BCUT2D eigenvalue weighted by molar-refractivity contribution is -0.127. The highest BCUT2D eigenvalue weighted by atomic mass is 16.5. The summed E-state index contributed by atoms with van der Waals surface area (Å²) in [7, 11) is 0. The largest absolute Gasteiger partial charge is 0.379 e. The molecule has 2 fully saturated rings. The highest BCUT2D eigenvalue weighted by Gasteiger charge is 2.31. The summed E-state index contributed by atoms with van der Waals surface area (Å²) in [5, 5.41) is 3.11. The van der Waals surface area contributed by atoms with E-state index in [1.165, 1.54) is 12.8 Å². The molecule has 0 bridgehead atoms. The highest BCUT2D eigenvalue weighted by Crippen LogP contribution is 2.38. The van der Waals surface area contributed by atoms with Crippen LogP contribution in [0.2, 0.25) is 0 Å². The molecule has 1 N–H and O–H groups in total. The maximum atomic E-state index is 12.0. The summed E-state index contributed by atoms with van der Waals surface area (Å²) in [5.74, 6) is 0.500. The summed E-state index contributed by atoms with van der Waals surface area (Å²) in [4.78, 5) is 12.0. The van der Waals surface area contributed by atoms with Gasteiger partial charge in [-0.3, -0.25) is 4.79 Å². The van der Waals surface area contributed by atoms with Gasteiger partial charge in [0.2, 0.25) is 5.91 Å². The maximum absolute atomic E-state index is 12.0. The third kappa shape index (κ3) is 2.97. The Labute approximate surface area is 97.9 Å². The second-order valence-electron chi connectivity index (χ2n) is 6.01. The molecular formula is C13H23NO2. The number of hydrogen-bond acceptors (Lipinski definition) is 2. The Bertz CT molecular complexity index is 247. The monoisotopic (exact) mass is 225 g/mol. The summed E-state index contributed by atoms with van der Waals surface area (Å²) in [6.07, 6.45) is 5.42. The lowest BCUT2D eigenvalue weighted by Crippen LogP contribution is -2.41. The first-order valence-electron chi connectivity index (χ1n) is 6.45. The van der Waals surface area contributed by atoms with Crippen molar-refractivity contribution in [2.45, 2.75) is 52.0 Å². The summed E-state index contributed by atoms with van der Waals surface area (Å²) in [5.41, 5.74) is 0.438. The van der Waals surface area contributed by atoms with E-state index in [0.717, 1.165) is 25.9 Å². The minimum absolute atomic E-state index is 0.244. The van der Waals surface area contributed by atoms with Gasteiger partial charge in [-0.25, -0.2) is 0 Å². The quantitative estimate of drug-likeness (QED) is 0.781. The van der Waals surface area contributed by atoms with E-state index in [4.69, 9.17) is 4.74 Å². The van der Waals surface area contributed by atoms with Crippen molar-refractivity contribution in [3.8, 4) is 0 Å². The average molecular weight is 225 g/mol. The van der Waals surface area contributed by atoms with Gasteiger partial charge in [-0.15, -0.1) is 0 Å². The number of hydrogen-bond donors (Lipinski definition) is 1. The molecule has 0 spiro atoms. The van der Waals surface area contributed by atoms with E-state index in [-0.39, 0.29) is 17.9 Å². The van der Waals surface area contributed by atoms with E-state index in [0.29, 0.717) is 12.0 Å². The van der Waals surface area contributed by atoms with E-state index in [1.54, 1.807) is 0 Å². The Morgan fingerprint density at radius 3 is 2.50 bits per heavy atom. The van der Waals surface area contributed by atoms with Crippen molar-refractivity contribution >= 4 is 5.91 Å². The standard InChI is InChI=1S/C13H23NO2/c1-13(2)6-3-10(4-7-13)12(15)14-11-5-8-16-9-11/h10-11H,3-9H2,1-2H3,(H,14,15). The van der Waals surface area contributed by atoms with Crippen LogP contribution in [0.25, 0.3) is 0 Å². The van der Waals surface area contributed by atoms with Crippen molar-refractivity contribution in [2.24, 2.45) is 11.3 Å². The second kappa shape index (κ2) is 4.74. The Morgan fingerprint density at radius 1 is 1.25 bits per heavy atom. The topological polar surface area (TPSA) is 38.3 Å². The predicted molar refractivity (Wildman–Crippen MR) is 63.1 cm³/mol. The predicted octanol–water partition coefficient (Wildman–Crippen LogP) is 2.11. The van der Waals surface area contributed by atoms with Gasteiger partial charge in [-0.2, -0.15) is 0 Å². The fourth-order valence-corrected chi connectivity index (χ4v) is 2.63. The van der Waals surface area contributed by atoms with Gasteiger partial charge in [0, 0.05) is 12.5 Å². The molecule has 2 aliphatic rings. The SMILES string of the molecule is CC1(C)CCC(C(=O)NC2CCOC2)CC1. The van der Waals surface area contributed by atoms with Gasteiger partial charge in [-0.1, -0.05) is 13.8 Å². The first kappa shape index (κ1) is 11.9. The van der Waals surface area contributed by atoms with Crippen LogP contribution >= 0.6 is 0 Å². The first-order valence-corrected chi connectivity index (χ1v) is 6.45. The molecule has 0 aromatic rings. The molecular weight excluding hydrogens is 202 g/mol. The summed E-state index contributed by atoms with van der Waals surface area (Å²) < 4.78 is 5.26. The minimum Gasteiger partial charge on any atom is -0.379 e. The molecule has 0 radical (unpaired) electrons. The summed E-state index contributed by atoms with van der Waals surface area (Å²) in [6.45, 7) is 6.09. The molecule has 3 nitrogen and oxygen atoms in total. The van der Waals surface area contributed by atoms with Gasteiger partial charge in [0.1, 0.15) is 0 Å². The molecule has 16 heavy (non-hydrogen) atoms. The van der Waals surface area contributed by atoms with Crippen LogP contribution in [0.1, 0.15) is 46.0 Å². The molecule has 2 rings (SSSR count). The fraction of sp³-hybridized carbons (Fsp3) is 0.923. The van der Waals surface area contributed by atoms with Crippen LogP contribution in [-0.4, -0.2) is 25.2 Å². The smallest absolute Gasteiger partial charge is 0.223 e. The maximum Gasteiger partial charge on any atom is 0.223 e. The fourth-order valence-electron chi connectivity index (χ4n) is 2.63. The van der Waals surface area contributed by atoms with Crippen LogP contribution in [0.5, 0.6) is 0 Å². The lowest BCUT2D eigenvalue weighted by Gasteiger charge is -2.33. The van der Waals surface area contributed by atoms with E-state index >= 15 is 0 Å². The molecule has 1 aliphatic heterocycles. The molecule has 1 unspecified atom stereocenters. The summed E-state index contributed by atoms with van der Waals surface area (Å²) in [6, 6.07) is 0.266. The van der Waals surface area contributed by atoms with Gasteiger partial charge < -0.3 is 10.1 Å². The van der Waals surface area contributed by atoms with Crippen molar-refractivity contribution in [2.75, 3.05) is 13.2 Å². The van der Waals surface area contributed by atoms with Gasteiger partial charge in [0.05, 0.1) is 12.6 Å². The third-order valence-corrected chi connectivity index (χ3v) is 3.99. The molecule has 0 aromatic heterocycles. The number of carbonyl (C=O) groups is 1. The van der Waals surface area contributed by atoms with E-state index in [9.17, 15) is 4.79 Å². The average Bonchev–Trinajstić information content (AvgIpc) is 2.70. The van der Waals surface area contributed by atoms with Gasteiger partial charge in [0.25, 0.3) is 0 Å². The number of amides is 1. The Hall–Kier alpha value is -0.570. The first-order chi connectivity index (χ1) is 7.57. The van der Waals surface area contributed by atoms with Gasteiger partial charge in [-0.05, 0) is 37.5 Å². The number of nitrogens with one attached hydrogen (secondary N) is 1. The van der Waals surface area contributed by atoms with E-state index in [2.05, 4.69) is 19.2 Å². The van der Waals surface area contributed by atoms with Crippen LogP contribution in [0, 0.1) is 11.3 Å². The summed E-state index contributed by atoms with van der Waals surface area (Å²) >= 11 is 0.